The van der Waals surface area contributed by atoms with E-state index in [-0.39, 0.29) is 23.0 Å². The third kappa shape index (κ3) is 4.91. The van der Waals surface area contributed by atoms with Crippen molar-refractivity contribution in [1.82, 2.24) is 14.9 Å². The molecule has 0 aliphatic rings. The number of aromatic nitrogens is 2. The zero-order valence-electron chi connectivity index (χ0n) is 14.4. The molecule has 0 aliphatic carbocycles. The molecule has 1 aromatic heterocycles. The highest BCUT2D eigenvalue weighted by Crippen LogP contribution is 2.22. The molecule has 0 unspecified atom stereocenters. The number of hydrogen-bond donors (Lipinski definition) is 1. The number of benzene rings is 2. The smallest absolute Gasteiger partial charge is 0.241 e. The Labute approximate surface area is 161 Å². The first kappa shape index (κ1) is 19.5. The average Bonchev–Trinajstić information content (AvgIpc) is 3.12. The molecule has 3 rings (SSSR count). The second-order valence-electron chi connectivity index (χ2n) is 5.85. The van der Waals surface area contributed by atoms with Gasteiger partial charge in [-0.15, -0.1) is 10.2 Å². The van der Waals surface area contributed by atoms with Gasteiger partial charge in [-0.3, -0.25) is 0 Å². The lowest BCUT2D eigenvalue weighted by molar-refractivity contribution is 0.403. The van der Waals surface area contributed by atoms with Crippen LogP contribution < -0.4 is 4.72 Å². The molecule has 3 aromatic rings. The van der Waals surface area contributed by atoms with Crippen LogP contribution in [0.2, 0.25) is 5.02 Å². The van der Waals surface area contributed by atoms with Crippen molar-refractivity contribution in [3.63, 3.8) is 0 Å². The van der Waals surface area contributed by atoms with Gasteiger partial charge in [-0.25, -0.2) is 12.8 Å². The highest BCUT2D eigenvalue weighted by Gasteiger charge is 2.26. The van der Waals surface area contributed by atoms with E-state index in [9.17, 15) is 12.8 Å². The van der Waals surface area contributed by atoms with Gasteiger partial charge in [-0.1, -0.05) is 30.7 Å². The number of aryl methyl sites for hydroxylation is 1. The molecule has 0 aliphatic heterocycles. The van der Waals surface area contributed by atoms with Crippen molar-refractivity contribution in [2.75, 3.05) is 0 Å². The van der Waals surface area contributed by atoms with Gasteiger partial charge in [0.1, 0.15) is 11.9 Å². The Bertz CT molecular complexity index is 1010. The molecule has 1 atom stereocenters. The van der Waals surface area contributed by atoms with E-state index in [1.807, 2.05) is 6.92 Å². The first-order valence-electron chi connectivity index (χ1n) is 8.22. The van der Waals surface area contributed by atoms with Crippen LogP contribution in [0, 0.1) is 5.82 Å². The van der Waals surface area contributed by atoms with Crippen LogP contribution in [0.4, 0.5) is 4.39 Å². The summed E-state index contributed by atoms with van der Waals surface area (Å²) in [6, 6.07) is 10.8. The topological polar surface area (TPSA) is 85.1 Å². The fourth-order valence-electron chi connectivity index (χ4n) is 2.45. The van der Waals surface area contributed by atoms with Crippen molar-refractivity contribution in [3.8, 4) is 0 Å². The molecule has 0 fully saturated rings. The van der Waals surface area contributed by atoms with Crippen molar-refractivity contribution in [1.29, 1.82) is 0 Å². The van der Waals surface area contributed by atoms with Crippen LogP contribution in [-0.2, 0) is 22.9 Å². The molecule has 1 N–H and O–H groups in total. The zero-order valence-corrected chi connectivity index (χ0v) is 16.0. The van der Waals surface area contributed by atoms with E-state index in [1.54, 1.807) is 12.1 Å². The Hall–Kier alpha value is -2.29. The van der Waals surface area contributed by atoms with E-state index in [1.165, 1.54) is 36.4 Å². The molecule has 27 heavy (non-hydrogen) atoms. The molecule has 0 radical (unpaired) electrons. The second kappa shape index (κ2) is 8.16. The van der Waals surface area contributed by atoms with Crippen LogP contribution in [0.25, 0.3) is 0 Å². The molecule has 9 heteroatoms. The van der Waals surface area contributed by atoms with Crippen LogP contribution in [0.15, 0.2) is 57.8 Å². The predicted molar refractivity (Wildman–Crippen MR) is 98.3 cm³/mol. The Kier molecular flexibility index (Phi) is 5.88. The number of rotatable bonds is 7. The van der Waals surface area contributed by atoms with E-state index < -0.39 is 16.1 Å². The summed E-state index contributed by atoms with van der Waals surface area (Å²) in [5.74, 6) is 0.177. The van der Waals surface area contributed by atoms with Crippen LogP contribution in [0.3, 0.4) is 0 Å². The highest BCUT2D eigenvalue weighted by atomic mass is 35.5. The molecule has 0 saturated carbocycles. The summed E-state index contributed by atoms with van der Waals surface area (Å²) in [6.07, 6.45) is 0.749. The lowest BCUT2D eigenvalue weighted by Crippen LogP contribution is -2.30. The maximum atomic E-state index is 13.2. The Balaban J connectivity index is 1.91. The van der Waals surface area contributed by atoms with Crippen LogP contribution in [0.1, 0.15) is 30.3 Å². The standard InChI is InChI=1S/C18H17ClFN3O3S/c1-2-17-21-22-18(26-17)16(11-12-3-7-14(20)8-4-12)23-27(24,25)15-9-5-13(19)6-10-15/h3-10,16,23H,2,11H2,1H3/t16-/m1/s1. The Morgan fingerprint density at radius 2 is 1.78 bits per heavy atom. The normalized spacial score (nSPS) is 12.9. The van der Waals surface area contributed by atoms with E-state index >= 15 is 0 Å². The van der Waals surface area contributed by atoms with Crippen molar-refractivity contribution in [3.05, 3.63) is 76.7 Å². The molecule has 0 spiro atoms. The summed E-state index contributed by atoms with van der Waals surface area (Å²) in [7, 11) is -3.86. The van der Waals surface area contributed by atoms with E-state index in [2.05, 4.69) is 14.9 Å². The summed E-state index contributed by atoms with van der Waals surface area (Å²) in [5.41, 5.74) is 0.719. The number of hydrogen-bond acceptors (Lipinski definition) is 5. The Morgan fingerprint density at radius 1 is 1.11 bits per heavy atom. The largest absolute Gasteiger partial charge is 0.424 e. The number of halogens is 2. The molecule has 6 nitrogen and oxygen atoms in total. The highest BCUT2D eigenvalue weighted by molar-refractivity contribution is 7.89. The van der Waals surface area contributed by atoms with Crippen molar-refractivity contribution >= 4 is 21.6 Å². The fourth-order valence-corrected chi connectivity index (χ4v) is 3.77. The van der Waals surface area contributed by atoms with Gasteiger partial charge in [0.2, 0.25) is 21.8 Å². The van der Waals surface area contributed by atoms with Gasteiger partial charge < -0.3 is 4.42 Å². The molecule has 0 amide bonds. The fraction of sp³-hybridized carbons (Fsp3) is 0.222. The van der Waals surface area contributed by atoms with Crippen LogP contribution in [0.5, 0.6) is 0 Å². The molecule has 1 heterocycles. The minimum Gasteiger partial charge on any atom is -0.424 e. The molecule has 2 aromatic carbocycles. The summed E-state index contributed by atoms with van der Waals surface area (Å²) < 4.78 is 46.8. The van der Waals surface area contributed by atoms with Crippen LogP contribution >= 0.6 is 11.6 Å². The van der Waals surface area contributed by atoms with Gasteiger partial charge in [0.25, 0.3) is 0 Å². The maximum absolute atomic E-state index is 13.2. The summed E-state index contributed by atoms with van der Waals surface area (Å²) in [5, 5.41) is 8.28. The lowest BCUT2D eigenvalue weighted by atomic mass is 10.1. The van der Waals surface area contributed by atoms with E-state index in [0.717, 1.165) is 5.56 Å². The van der Waals surface area contributed by atoms with E-state index in [4.69, 9.17) is 16.0 Å². The Morgan fingerprint density at radius 3 is 2.37 bits per heavy atom. The van der Waals surface area contributed by atoms with Gasteiger partial charge in [-0.05, 0) is 48.4 Å². The minimum atomic E-state index is -3.86. The summed E-state index contributed by atoms with van der Waals surface area (Å²) in [6.45, 7) is 1.85. The number of nitrogens with one attached hydrogen (secondary N) is 1. The number of sulfonamides is 1. The summed E-state index contributed by atoms with van der Waals surface area (Å²) >= 11 is 5.82. The third-order valence-corrected chi connectivity index (χ3v) is 5.60. The zero-order chi connectivity index (χ0) is 19.4. The molecular formula is C18H17ClFN3O3S. The summed E-state index contributed by atoms with van der Waals surface area (Å²) in [4.78, 5) is 0.0613. The third-order valence-electron chi connectivity index (χ3n) is 3.86. The van der Waals surface area contributed by atoms with Gasteiger partial charge in [0, 0.05) is 11.4 Å². The predicted octanol–water partition coefficient (Wildman–Crippen LogP) is 3.69. The molecule has 0 saturated heterocycles. The molecular weight excluding hydrogens is 393 g/mol. The van der Waals surface area contributed by atoms with Gasteiger partial charge in [-0.2, -0.15) is 4.72 Å². The second-order valence-corrected chi connectivity index (χ2v) is 8.00. The molecule has 0 bridgehead atoms. The quantitative estimate of drug-likeness (QED) is 0.643. The van der Waals surface area contributed by atoms with Crippen LogP contribution in [-0.4, -0.2) is 18.6 Å². The monoisotopic (exact) mass is 409 g/mol. The first-order chi connectivity index (χ1) is 12.9. The van der Waals surface area contributed by atoms with Gasteiger partial charge in [0.05, 0.1) is 4.90 Å². The lowest BCUT2D eigenvalue weighted by Gasteiger charge is -2.16. The maximum Gasteiger partial charge on any atom is 0.241 e. The van der Waals surface area contributed by atoms with Gasteiger partial charge in [0.15, 0.2) is 0 Å². The number of nitrogens with zero attached hydrogens (tertiary/aromatic N) is 2. The average molecular weight is 410 g/mol. The van der Waals surface area contributed by atoms with E-state index in [0.29, 0.717) is 17.3 Å². The SMILES string of the molecule is CCc1nnc([C@@H](Cc2ccc(F)cc2)NS(=O)(=O)c2ccc(Cl)cc2)o1. The van der Waals surface area contributed by atoms with Crippen molar-refractivity contribution in [2.45, 2.75) is 30.7 Å². The minimum absolute atomic E-state index is 0.0613. The first-order valence-corrected chi connectivity index (χ1v) is 10.1. The van der Waals surface area contributed by atoms with Crippen molar-refractivity contribution in [2.24, 2.45) is 0 Å². The van der Waals surface area contributed by atoms with Crippen molar-refractivity contribution < 1.29 is 17.2 Å². The molecule has 142 valence electrons. The van der Waals surface area contributed by atoms with Gasteiger partial charge >= 0.3 is 0 Å².